The Morgan fingerprint density at radius 3 is 3.00 bits per heavy atom. The molecule has 0 aliphatic carbocycles. The van der Waals surface area contributed by atoms with E-state index in [2.05, 4.69) is 26.6 Å². The van der Waals surface area contributed by atoms with E-state index in [1.165, 1.54) is 0 Å². The van der Waals surface area contributed by atoms with Gasteiger partial charge in [-0.2, -0.15) is 5.10 Å². The summed E-state index contributed by atoms with van der Waals surface area (Å²) < 4.78 is 1.80. The Morgan fingerprint density at radius 1 is 1.62 bits per heavy atom. The molecule has 0 unspecified atom stereocenters. The highest BCUT2D eigenvalue weighted by Gasteiger charge is 1.98. The highest BCUT2D eigenvalue weighted by molar-refractivity contribution is 5.79. The lowest BCUT2D eigenvalue weighted by Crippen LogP contribution is -2.37. The lowest BCUT2D eigenvalue weighted by molar-refractivity contribution is 0.709. The quantitative estimate of drug-likeness (QED) is 0.429. The Hall–Kier alpha value is -1.96. The van der Waals surface area contributed by atoms with E-state index in [1.54, 1.807) is 10.9 Å². The van der Waals surface area contributed by atoms with Gasteiger partial charge in [-0.3, -0.25) is 4.68 Å². The van der Waals surface area contributed by atoms with Crippen LogP contribution < -0.4 is 10.6 Å². The molecule has 0 fully saturated rings. The molecule has 5 heteroatoms. The number of rotatable bonds is 4. The van der Waals surface area contributed by atoms with Crippen LogP contribution in [0.3, 0.4) is 0 Å². The van der Waals surface area contributed by atoms with Crippen molar-refractivity contribution in [3.63, 3.8) is 0 Å². The number of aryl methyl sites for hydroxylation is 1. The minimum atomic E-state index is 0.469. The fourth-order valence-corrected chi connectivity index (χ4v) is 1.19. The SMILES string of the molecule is C#CCNC(=NCc1ccnn1C)NCC. The highest BCUT2D eigenvalue weighted by atomic mass is 15.3. The van der Waals surface area contributed by atoms with Crippen LogP contribution in [0.5, 0.6) is 0 Å². The van der Waals surface area contributed by atoms with E-state index in [4.69, 9.17) is 6.42 Å². The second kappa shape index (κ2) is 6.51. The predicted octanol–water partition coefficient (Wildman–Crippen LogP) is 0.108. The van der Waals surface area contributed by atoms with Crippen molar-refractivity contribution in [3.05, 3.63) is 18.0 Å². The molecule has 16 heavy (non-hydrogen) atoms. The molecule has 0 atom stereocenters. The molecule has 0 aromatic carbocycles. The van der Waals surface area contributed by atoms with Crippen LogP contribution in [0.25, 0.3) is 0 Å². The lowest BCUT2D eigenvalue weighted by Gasteiger charge is -2.08. The Balaban J connectivity index is 2.57. The average molecular weight is 219 g/mol. The maximum atomic E-state index is 5.18. The largest absolute Gasteiger partial charge is 0.357 e. The molecule has 1 aromatic heterocycles. The van der Waals surface area contributed by atoms with E-state index >= 15 is 0 Å². The fraction of sp³-hybridized carbons (Fsp3) is 0.455. The van der Waals surface area contributed by atoms with Gasteiger partial charge >= 0.3 is 0 Å². The number of nitrogens with zero attached hydrogens (tertiary/aromatic N) is 3. The summed E-state index contributed by atoms with van der Waals surface area (Å²) >= 11 is 0. The molecule has 1 rings (SSSR count). The summed E-state index contributed by atoms with van der Waals surface area (Å²) in [5, 5.41) is 10.2. The summed E-state index contributed by atoms with van der Waals surface area (Å²) in [6.45, 7) is 3.87. The zero-order valence-electron chi connectivity index (χ0n) is 9.70. The van der Waals surface area contributed by atoms with Crippen molar-refractivity contribution < 1.29 is 0 Å². The van der Waals surface area contributed by atoms with Gasteiger partial charge in [-0.1, -0.05) is 5.92 Å². The topological polar surface area (TPSA) is 54.2 Å². The molecule has 2 N–H and O–H groups in total. The number of hydrogen-bond donors (Lipinski definition) is 2. The fourth-order valence-electron chi connectivity index (χ4n) is 1.19. The highest BCUT2D eigenvalue weighted by Crippen LogP contribution is 1.97. The van der Waals surface area contributed by atoms with Gasteiger partial charge in [-0.25, -0.2) is 4.99 Å². The van der Waals surface area contributed by atoms with Crippen LogP contribution in [0.1, 0.15) is 12.6 Å². The van der Waals surface area contributed by atoms with Gasteiger partial charge in [0.25, 0.3) is 0 Å². The van der Waals surface area contributed by atoms with E-state index in [0.29, 0.717) is 13.1 Å². The maximum absolute atomic E-state index is 5.18. The standard InChI is InChI=1S/C11H17N5/c1-4-7-13-11(12-5-2)14-9-10-6-8-15-16(10)3/h1,6,8H,5,7,9H2,2-3H3,(H2,12,13,14). The first kappa shape index (κ1) is 12.1. The molecule has 1 heterocycles. The molecule has 0 spiro atoms. The van der Waals surface area contributed by atoms with Gasteiger partial charge in [0, 0.05) is 19.8 Å². The summed E-state index contributed by atoms with van der Waals surface area (Å²) in [6, 6.07) is 1.94. The second-order valence-corrected chi connectivity index (χ2v) is 3.20. The van der Waals surface area contributed by atoms with Gasteiger partial charge in [0.15, 0.2) is 5.96 Å². The smallest absolute Gasteiger partial charge is 0.192 e. The molecule has 0 amide bonds. The second-order valence-electron chi connectivity index (χ2n) is 3.20. The van der Waals surface area contributed by atoms with Crippen molar-refractivity contribution in [3.8, 4) is 12.3 Å². The molecule has 0 saturated carbocycles. The van der Waals surface area contributed by atoms with Crippen molar-refractivity contribution >= 4 is 5.96 Å². The van der Waals surface area contributed by atoms with Crippen molar-refractivity contribution in [2.24, 2.45) is 12.0 Å². The molecule has 86 valence electrons. The average Bonchev–Trinajstić information content (AvgIpc) is 2.68. The predicted molar refractivity (Wildman–Crippen MR) is 64.9 cm³/mol. The van der Waals surface area contributed by atoms with Crippen LogP contribution >= 0.6 is 0 Å². The third-order valence-corrected chi connectivity index (χ3v) is 2.02. The molecule has 0 aliphatic rings. The van der Waals surface area contributed by atoms with Crippen molar-refractivity contribution in [2.75, 3.05) is 13.1 Å². The normalized spacial score (nSPS) is 10.9. The molecule has 0 saturated heterocycles. The zero-order chi connectivity index (χ0) is 11.8. The van der Waals surface area contributed by atoms with Gasteiger partial charge in [0.2, 0.25) is 0 Å². The maximum Gasteiger partial charge on any atom is 0.192 e. The van der Waals surface area contributed by atoms with Crippen LogP contribution in [0.15, 0.2) is 17.3 Å². The molecular weight excluding hydrogens is 202 g/mol. The number of hydrogen-bond acceptors (Lipinski definition) is 2. The van der Waals surface area contributed by atoms with E-state index < -0.39 is 0 Å². The molecule has 5 nitrogen and oxygen atoms in total. The number of nitrogens with one attached hydrogen (secondary N) is 2. The first-order valence-corrected chi connectivity index (χ1v) is 5.20. The minimum absolute atomic E-state index is 0.469. The van der Waals surface area contributed by atoms with Gasteiger partial charge in [0.1, 0.15) is 0 Å². The Labute approximate surface area is 96.0 Å². The number of guanidine groups is 1. The van der Waals surface area contributed by atoms with E-state index in [0.717, 1.165) is 18.2 Å². The van der Waals surface area contributed by atoms with Crippen LogP contribution in [0, 0.1) is 12.3 Å². The number of aromatic nitrogens is 2. The molecule has 0 radical (unpaired) electrons. The summed E-state index contributed by atoms with van der Waals surface area (Å²) in [5.41, 5.74) is 1.05. The van der Waals surface area contributed by atoms with E-state index in [9.17, 15) is 0 Å². The van der Waals surface area contributed by atoms with Gasteiger partial charge in [0.05, 0.1) is 18.8 Å². The first-order valence-electron chi connectivity index (χ1n) is 5.20. The van der Waals surface area contributed by atoms with Crippen molar-refractivity contribution in [1.82, 2.24) is 20.4 Å². The molecular formula is C11H17N5. The van der Waals surface area contributed by atoms with Gasteiger partial charge in [-0.15, -0.1) is 6.42 Å². The number of aliphatic imine (C=N–C) groups is 1. The summed E-state index contributed by atoms with van der Waals surface area (Å²) in [5.74, 6) is 3.24. The van der Waals surface area contributed by atoms with Gasteiger partial charge < -0.3 is 10.6 Å². The van der Waals surface area contributed by atoms with E-state index in [-0.39, 0.29) is 0 Å². The van der Waals surface area contributed by atoms with Crippen LogP contribution in [0.4, 0.5) is 0 Å². The van der Waals surface area contributed by atoms with Crippen molar-refractivity contribution in [2.45, 2.75) is 13.5 Å². The lowest BCUT2D eigenvalue weighted by atomic mass is 10.4. The molecule has 0 bridgehead atoms. The van der Waals surface area contributed by atoms with Gasteiger partial charge in [-0.05, 0) is 13.0 Å². The zero-order valence-corrected chi connectivity index (χ0v) is 9.70. The van der Waals surface area contributed by atoms with Crippen LogP contribution in [-0.4, -0.2) is 28.8 Å². The Morgan fingerprint density at radius 2 is 2.44 bits per heavy atom. The summed E-state index contributed by atoms with van der Waals surface area (Å²) in [7, 11) is 1.90. The third kappa shape index (κ3) is 3.65. The molecule has 0 aliphatic heterocycles. The number of terminal acetylenes is 1. The Bertz CT molecular complexity index is 385. The summed E-state index contributed by atoms with van der Waals surface area (Å²) in [6.07, 6.45) is 6.94. The monoisotopic (exact) mass is 219 g/mol. The third-order valence-electron chi connectivity index (χ3n) is 2.02. The van der Waals surface area contributed by atoms with Crippen LogP contribution in [0.2, 0.25) is 0 Å². The minimum Gasteiger partial charge on any atom is -0.357 e. The van der Waals surface area contributed by atoms with Crippen LogP contribution in [-0.2, 0) is 13.6 Å². The van der Waals surface area contributed by atoms with Crippen molar-refractivity contribution in [1.29, 1.82) is 0 Å². The Kier molecular flexibility index (Phi) is 4.93. The first-order chi connectivity index (χ1) is 7.77. The van der Waals surface area contributed by atoms with E-state index in [1.807, 2.05) is 20.0 Å². The summed E-state index contributed by atoms with van der Waals surface area (Å²) in [4.78, 5) is 4.39. The molecule has 1 aromatic rings.